The summed E-state index contributed by atoms with van der Waals surface area (Å²) in [5, 5.41) is 8.72. The van der Waals surface area contributed by atoms with Gasteiger partial charge >= 0.3 is 0 Å². The van der Waals surface area contributed by atoms with E-state index in [-0.39, 0.29) is 11.9 Å². The number of carbonyl (C=O) groups excluding carboxylic acids is 1. The number of amides is 1. The number of guanidine groups is 1. The molecule has 1 aliphatic rings. The molecular formula is C15H25N5OS2. The second-order valence-electron chi connectivity index (χ2n) is 5.41. The highest BCUT2D eigenvalue weighted by atomic mass is 32.2. The summed E-state index contributed by atoms with van der Waals surface area (Å²) in [5.41, 5.74) is 0. The van der Waals surface area contributed by atoms with Crippen LogP contribution < -0.4 is 10.6 Å². The molecule has 0 saturated carbocycles. The Morgan fingerprint density at radius 1 is 1.61 bits per heavy atom. The molecule has 0 bridgehead atoms. The fraction of sp³-hybridized carbons (Fsp3) is 0.667. The zero-order chi connectivity index (χ0) is 16.5. The average Bonchev–Trinajstić information content (AvgIpc) is 3.04. The third-order valence-electron chi connectivity index (χ3n) is 3.52. The van der Waals surface area contributed by atoms with Crippen molar-refractivity contribution in [1.82, 2.24) is 20.5 Å². The van der Waals surface area contributed by atoms with E-state index in [9.17, 15) is 4.79 Å². The molecular weight excluding hydrogens is 330 g/mol. The van der Waals surface area contributed by atoms with Gasteiger partial charge in [-0.25, -0.2) is 4.98 Å². The van der Waals surface area contributed by atoms with Gasteiger partial charge in [-0.3, -0.25) is 9.79 Å². The molecule has 0 spiro atoms. The first-order valence-electron chi connectivity index (χ1n) is 8.00. The van der Waals surface area contributed by atoms with Gasteiger partial charge in [-0.1, -0.05) is 11.8 Å². The van der Waals surface area contributed by atoms with Gasteiger partial charge in [-0.15, -0.1) is 11.3 Å². The summed E-state index contributed by atoms with van der Waals surface area (Å²) in [7, 11) is 1.86. The molecule has 1 atom stereocenters. The van der Waals surface area contributed by atoms with Crippen molar-refractivity contribution in [2.45, 2.75) is 36.6 Å². The lowest BCUT2D eigenvalue weighted by molar-refractivity contribution is -0.132. The van der Waals surface area contributed by atoms with Crippen molar-refractivity contribution in [2.75, 3.05) is 32.4 Å². The number of likely N-dealkylation sites (N-methyl/N-ethyl adjacent to an activating group) is 1. The van der Waals surface area contributed by atoms with Crippen LogP contribution in [0.4, 0.5) is 0 Å². The Morgan fingerprint density at radius 2 is 2.48 bits per heavy atom. The van der Waals surface area contributed by atoms with E-state index >= 15 is 0 Å². The molecule has 1 amide bonds. The van der Waals surface area contributed by atoms with E-state index in [0.717, 1.165) is 48.5 Å². The molecule has 1 aliphatic heterocycles. The number of likely N-dealkylation sites (tertiary alicyclic amines) is 1. The van der Waals surface area contributed by atoms with Gasteiger partial charge < -0.3 is 15.5 Å². The van der Waals surface area contributed by atoms with Crippen molar-refractivity contribution in [3.05, 3.63) is 11.6 Å². The third kappa shape index (κ3) is 6.39. The SMILES string of the molecule is CCNC(=NCCCSc1nccs1)NC1CCC(=O)N(C)C1. The number of thiazole rings is 1. The number of aromatic nitrogens is 1. The minimum Gasteiger partial charge on any atom is -0.357 e. The van der Waals surface area contributed by atoms with Crippen LogP contribution in [0.1, 0.15) is 26.2 Å². The minimum atomic E-state index is 0.226. The maximum Gasteiger partial charge on any atom is 0.222 e. The zero-order valence-electron chi connectivity index (χ0n) is 13.7. The molecule has 0 aromatic carbocycles. The highest BCUT2D eigenvalue weighted by Gasteiger charge is 2.23. The summed E-state index contributed by atoms with van der Waals surface area (Å²) in [6, 6.07) is 0.278. The van der Waals surface area contributed by atoms with Crippen molar-refractivity contribution in [3.8, 4) is 0 Å². The lowest BCUT2D eigenvalue weighted by Gasteiger charge is -2.31. The largest absolute Gasteiger partial charge is 0.357 e. The molecule has 128 valence electrons. The fourth-order valence-corrected chi connectivity index (χ4v) is 3.97. The molecule has 0 radical (unpaired) electrons. The van der Waals surface area contributed by atoms with E-state index in [4.69, 9.17) is 0 Å². The maximum absolute atomic E-state index is 11.5. The Balaban J connectivity index is 1.72. The number of carbonyl (C=O) groups is 1. The smallest absolute Gasteiger partial charge is 0.222 e. The van der Waals surface area contributed by atoms with Gasteiger partial charge in [0, 0.05) is 56.5 Å². The number of rotatable bonds is 7. The first kappa shape index (κ1) is 18.1. The number of nitrogens with one attached hydrogen (secondary N) is 2. The second-order valence-corrected chi connectivity index (χ2v) is 7.65. The van der Waals surface area contributed by atoms with Crippen molar-refractivity contribution in [1.29, 1.82) is 0 Å². The summed E-state index contributed by atoms with van der Waals surface area (Å²) in [6.07, 6.45) is 4.33. The number of hydrogen-bond donors (Lipinski definition) is 2. The fourth-order valence-electron chi connectivity index (χ4n) is 2.34. The molecule has 2 rings (SSSR count). The molecule has 1 fully saturated rings. The molecule has 2 N–H and O–H groups in total. The van der Waals surface area contributed by atoms with Gasteiger partial charge in [0.15, 0.2) is 5.96 Å². The minimum absolute atomic E-state index is 0.226. The van der Waals surface area contributed by atoms with Crippen LogP contribution >= 0.6 is 23.1 Å². The molecule has 8 heteroatoms. The Morgan fingerprint density at radius 3 is 3.17 bits per heavy atom. The van der Waals surface area contributed by atoms with Crippen LogP contribution in [0.5, 0.6) is 0 Å². The number of thioether (sulfide) groups is 1. The summed E-state index contributed by atoms with van der Waals surface area (Å²) < 4.78 is 1.12. The Kier molecular flexibility index (Phi) is 7.67. The van der Waals surface area contributed by atoms with Crippen molar-refractivity contribution in [2.24, 2.45) is 4.99 Å². The maximum atomic E-state index is 11.5. The molecule has 1 saturated heterocycles. The standard InChI is InChI=1S/C15H25N5OS2/c1-3-16-14(19-12-5-6-13(21)20(2)11-12)17-7-4-9-22-15-18-8-10-23-15/h8,10,12H,3-7,9,11H2,1-2H3,(H2,16,17,19). The van der Waals surface area contributed by atoms with Gasteiger partial charge in [0.25, 0.3) is 0 Å². The van der Waals surface area contributed by atoms with E-state index in [1.165, 1.54) is 0 Å². The van der Waals surface area contributed by atoms with E-state index < -0.39 is 0 Å². The molecule has 1 unspecified atom stereocenters. The van der Waals surface area contributed by atoms with E-state index in [2.05, 4.69) is 27.5 Å². The monoisotopic (exact) mass is 355 g/mol. The molecule has 1 aromatic rings. The van der Waals surface area contributed by atoms with Crippen LogP contribution in [0.15, 0.2) is 20.9 Å². The van der Waals surface area contributed by atoms with Crippen LogP contribution in [0, 0.1) is 0 Å². The van der Waals surface area contributed by atoms with Gasteiger partial charge in [0.1, 0.15) is 4.34 Å². The van der Waals surface area contributed by atoms with Crippen LogP contribution in [0.2, 0.25) is 0 Å². The predicted molar refractivity (Wildman–Crippen MR) is 97.2 cm³/mol. The Bertz CT molecular complexity index is 506. The third-order valence-corrected chi connectivity index (χ3v) is 5.57. The Labute approximate surface area is 146 Å². The van der Waals surface area contributed by atoms with E-state index in [0.29, 0.717) is 6.42 Å². The topological polar surface area (TPSA) is 69.6 Å². The highest BCUT2D eigenvalue weighted by molar-refractivity contribution is 8.00. The first-order valence-corrected chi connectivity index (χ1v) is 9.86. The molecule has 23 heavy (non-hydrogen) atoms. The summed E-state index contributed by atoms with van der Waals surface area (Å²) in [5.74, 6) is 2.10. The lowest BCUT2D eigenvalue weighted by atomic mass is 10.1. The predicted octanol–water partition coefficient (Wildman–Crippen LogP) is 1.80. The summed E-state index contributed by atoms with van der Waals surface area (Å²) >= 11 is 3.46. The normalized spacial score (nSPS) is 19.0. The van der Waals surface area contributed by atoms with Crippen LogP contribution in [-0.4, -0.2) is 60.2 Å². The van der Waals surface area contributed by atoms with Gasteiger partial charge in [-0.05, 0) is 19.8 Å². The van der Waals surface area contributed by atoms with Crippen LogP contribution in [0.3, 0.4) is 0 Å². The first-order chi connectivity index (χ1) is 11.2. The van der Waals surface area contributed by atoms with Crippen molar-refractivity contribution < 1.29 is 4.79 Å². The van der Waals surface area contributed by atoms with E-state index in [1.54, 1.807) is 28.0 Å². The quantitative estimate of drug-likeness (QED) is 0.338. The van der Waals surface area contributed by atoms with Crippen LogP contribution in [0.25, 0.3) is 0 Å². The highest BCUT2D eigenvalue weighted by Crippen LogP contribution is 2.20. The lowest BCUT2D eigenvalue weighted by Crippen LogP contribution is -2.51. The second kappa shape index (κ2) is 9.77. The van der Waals surface area contributed by atoms with Crippen molar-refractivity contribution >= 4 is 35.0 Å². The van der Waals surface area contributed by atoms with Gasteiger partial charge in [0.05, 0.1) is 0 Å². The average molecular weight is 356 g/mol. The molecule has 0 aliphatic carbocycles. The zero-order valence-corrected chi connectivity index (χ0v) is 15.4. The molecule has 2 heterocycles. The summed E-state index contributed by atoms with van der Waals surface area (Å²) in [4.78, 5) is 22.2. The number of aliphatic imine (C=N–C) groups is 1. The number of piperidine rings is 1. The van der Waals surface area contributed by atoms with Gasteiger partial charge in [-0.2, -0.15) is 0 Å². The number of hydrogen-bond acceptors (Lipinski definition) is 5. The number of nitrogens with zero attached hydrogens (tertiary/aromatic N) is 3. The molecule has 6 nitrogen and oxygen atoms in total. The van der Waals surface area contributed by atoms with E-state index in [1.807, 2.05) is 18.6 Å². The van der Waals surface area contributed by atoms with Crippen molar-refractivity contribution in [3.63, 3.8) is 0 Å². The molecule has 1 aromatic heterocycles. The van der Waals surface area contributed by atoms with Gasteiger partial charge in [0.2, 0.25) is 5.91 Å². The Hall–Kier alpha value is -1.28. The van der Waals surface area contributed by atoms with Crippen LogP contribution in [-0.2, 0) is 4.79 Å². The summed E-state index contributed by atoms with van der Waals surface area (Å²) in [6.45, 7) is 4.42.